The number of nitro groups is 1. The molecule has 4 nitrogen and oxygen atoms in total. The molecule has 0 bridgehead atoms. The van der Waals surface area contributed by atoms with E-state index in [2.05, 4.69) is 24.5 Å². The smallest absolute Gasteiger partial charge is 0.311 e. The Labute approximate surface area is 92.5 Å². The summed E-state index contributed by atoms with van der Waals surface area (Å²) in [5, 5.41) is 19.7. The molecular weight excluding hydrogens is 214 g/mol. The van der Waals surface area contributed by atoms with Crippen LogP contribution in [0.5, 0.6) is 5.75 Å². The van der Waals surface area contributed by atoms with Crippen molar-refractivity contribution in [2.24, 2.45) is 0 Å². The van der Waals surface area contributed by atoms with Gasteiger partial charge in [0, 0.05) is 23.8 Å². The lowest BCUT2D eigenvalue weighted by Crippen LogP contribution is -1.89. The van der Waals surface area contributed by atoms with Crippen LogP contribution in [0.3, 0.4) is 0 Å². The lowest BCUT2D eigenvalue weighted by molar-refractivity contribution is -0.385. The van der Waals surface area contributed by atoms with Crippen LogP contribution in [0.2, 0.25) is 0 Å². The van der Waals surface area contributed by atoms with E-state index in [-0.39, 0.29) is 11.4 Å². The van der Waals surface area contributed by atoms with Crippen LogP contribution >= 0.6 is 12.6 Å². The average Bonchev–Trinajstić information content (AvgIpc) is 2.20. The van der Waals surface area contributed by atoms with Crippen molar-refractivity contribution >= 4 is 18.3 Å². The number of phenolic OH excluding ortho intramolecular Hbond substituents is 1. The first-order valence-corrected chi connectivity index (χ1v) is 4.85. The molecule has 1 N–H and O–H groups in total. The highest BCUT2D eigenvalue weighted by atomic mass is 32.1. The Kier molecular flexibility index (Phi) is 4.01. The molecule has 5 heteroatoms. The lowest BCUT2D eigenvalue weighted by atomic mass is 10.2. The Morgan fingerprint density at radius 3 is 2.87 bits per heavy atom. The molecule has 0 aromatic heterocycles. The van der Waals surface area contributed by atoms with Gasteiger partial charge >= 0.3 is 5.69 Å². The van der Waals surface area contributed by atoms with E-state index >= 15 is 0 Å². The van der Waals surface area contributed by atoms with E-state index in [1.165, 1.54) is 18.2 Å². The van der Waals surface area contributed by atoms with E-state index in [1.54, 1.807) is 0 Å². The van der Waals surface area contributed by atoms with Gasteiger partial charge in [0.25, 0.3) is 0 Å². The fourth-order valence-corrected chi connectivity index (χ4v) is 1.08. The molecule has 0 aliphatic rings. The number of nitro benzene ring substituents is 1. The number of hydrogen-bond donors (Lipinski definition) is 2. The zero-order valence-corrected chi connectivity index (χ0v) is 8.70. The fourth-order valence-electron chi connectivity index (χ4n) is 0.968. The summed E-state index contributed by atoms with van der Waals surface area (Å²) >= 11 is 3.99. The normalized spacial score (nSPS) is 9.13. The minimum absolute atomic E-state index is 0.326. The molecule has 0 fully saturated rings. The summed E-state index contributed by atoms with van der Waals surface area (Å²) in [7, 11) is 0. The highest BCUT2D eigenvalue weighted by Crippen LogP contribution is 2.25. The second kappa shape index (κ2) is 5.27. The van der Waals surface area contributed by atoms with E-state index in [9.17, 15) is 15.2 Å². The zero-order chi connectivity index (χ0) is 11.3. The predicted octanol–water partition coefficient (Wildman–Crippen LogP) is 1.97. The third-order valence-electron chi connectivity index (χ3n) is 1.64. The van der Waals surface area contributed by atoms with Gasteiger partial charge in [-0.2, -0.15) is 12.6 Å². The second-order valence-electron chi connectivity index (χ2n) is 2.74. The van der Waals surface area contributed by atoms with Crippen LogP contribution in [-0.4, -0.2) is 15.8 Å². The number of phenols is 1. The predicted molar refractivity (Wildman–Crippen MR) is 60.1 cm³/mol. The molecule has 78 valence electrons. The summed E-state index contributed by atoms with van der Waals surface area (Å²) in [5.74, 6) is 5.86. The van der Waals surface area contributed by atoms with Gasteiger partial charge in [-0.3, -0.25) is 10.1 Å². The van der Waals surface area contributed by atoms with Gasteiger partial charge in [-0.25, -0.2) is 0 Å². The van der Waals surface area contributed by atoms with Crippen LogP contribution in [0.25, 0.3) is 0 Å². The third kappa shape index (κ3) is 3.18. The molecule has 0 atom stereocenters. The van der Waals surface area contributed by atoms with Crippen LogP contribution < -0.4 is 0 Å². The Hall–Kier alpha value is -1.67. The summed E-state index contributed by atoms with van der Waals surface area (Å²) in [4.78, 5) is 9.85. The molecule has 0 spiro atoms. The van der Waals surface area contributed by atoms with Gasteiger partial charge in [-0.05, 0) is 12.1 Å². The largest absolute Gasteiger partial charge is 0.502 e. The summed E-state index contributed by atoms with van der Waals surface area (Å²) in [5.41, 5.74) is 0.189. The van der Waals surface area contributed by atoms with Crippen molar-refractivity contribution in [2.45, 2.75) is 6.42 Å². The van der Waals surface area contributed by atoms with Crippen molar-refractivity contribution in [3.05, 3.63) is 33.9 Å². The van der Waals surface area contributed by atoms with E-state index in [4.69, 9.17) is 0 Å². The Balaban J connectivity index is 2.99. The van der Waals surface area contributed by atoms with E-state index in [0.717, 1.165) is 0 Å². The molecule has 1 aromatic rings. The summed E-state index contributed by atoms with van der Waals surface area (Å²) in [6, 6.07) is 4.05. The number of thiol groups is 1. The highest BCUT2D eigenvalue weighted by Gasteiger charge is 2.12. The first kappa shape index (κ1) is 11.4. The minimum atomic E-state index is -0.640. The summed E-state index contributed by atoms with van der Waals surface area (Å²) < 4.78 is 0. The summed E-state index contributed by atoms with van der Waals surface area (Å²) in [6.45, 7) is 0. The van der Waals surface area contributed by atoms with Crippen molar-refractivity contribution in [2.75, 3.05) is 5.75 Å². The fraction of sp³-hybridized carbons (Fsp3) is 0.200. The number of rotatable bonds is 2. The average molecular weight is 223 g/mol. The van der Waals surface area contributed by atoms with E-state index in [0.29, 0.717) is 17.7 Å². The van der Waals surface area contributed by atoms with Crippen molar-refractivity contribution in [3.8, 4) is 17.6 Å². The van der Waals surface area contributed by atoms with Gasteiger partial charge in [0.2, 0.25) is 0 Å². The number of benzene rings is 1. The molecule has 0 radical (unpaired) electrons. The lowest BCUT2D eigenvalue weighted by Gasteiger charge is -1.95. The maximum Gasteiger partial charge on any atom is 0.311 e. The van der Waals surface area contributed by atoms with Crippen LogP contribution in [0.1, 0.15) is 12.0 Å². The van der Waals surface area contributed by atoms with Gasteiger partial charge in [0.1, 0.15) is 0 Å². The first-order valence-electron chi connectivity index (χ1n) is 4.22. The molecule has 0 aliphatic carbocycles. The Morgan fingerprint density at radius 1 is 1.53 bits per heavy atom. The van der Waals surface area contributed by atoms with Crippen molar-refractivity contribution in [1.82, 2.24) is 0 Å². The Morgan fingerprint density at radius 2 is 2.27 bits per heavy atom. The van der Waals surface area contributed by atoms with Gasteiger partial charge in [0.15, 0.2) is 5.75 Å². The van der Waals surface area contributed by atoms with E-state index in [1.807, 2.05) is 0 Å². The molecule has 15 heavy (non-hydrogen) atoms. The van der Waals surface area contributed by atoms with Gasteiger partial charge in [0.05, 0.1) is 4.92 Å². The first-order chi connectivity index (χ1) is 7.15. The molecule has 0 saturated heterocycles. The third-order valence-corrected chi connectivity index (χ3v) is 1.87. The summed E-state index contributed by atoms with van der Waals surface area (Å²) in [6.07, 6.45) is 0.623. The van der Waals surface area contributed by atoms with Crippen LogP contribution in [-0.2, 0) is 0 Å². The van der Waals surface area contributed by atoms with Crippen molar-refractivity contribution in [3.63, 3.8) is 0 Å². The molecular formula is C10H9NO3S. The van der Waals surface area contributed by atoms with Gasteiger partial charge < -0.3 is 5.11 Å². The molecule has 1 rings (SSSR count). The molecule has 0 unspecified atom stereocenters. The maximum absolute atomic E-state index is 10.5. The quantitative estimate of drug-likeness (QED) is 0.349. The van der Waals surface area contributed by atoms with Gasteiger partial charge in [-0.15, -0.1) is 0 Å². The minimum Gasteiger partial charge on any atom is -0.502 e. The highest BCUT2D eigenvalue weighted by molar-refractivity contribution is 7.80. The standard InChI is InChI=1S/C10H9NO3S/c12-10-5-4-8(3-1-2-6-15)7-9(10)11(13)14/h4-5,7,12,15H,2,6H2. The Bertz CT molecular complexity index is 434. The van der Waals surface area contributed by atoms with Crippen LogP contribution in [0, 0.1) is 22.0 Å². The zero-order valence-electron chi connectivity index (χ0n) is 7.80. The topological polar surface area (TPSA) is 63.4 Å². The number of aromatic hydroxyl groups is 1. The maximum atomic E-state index is 10.5. The number of hydrogen-bond acceptors (Lipinski definition) is 4. The molecule has 0 amide bonds. The van der Waals surface area contributed by atoms with Gasteiger partial charge in [-0.1, -0.05) is 11.8 Å². The number of nitrogens with zero attached hydrogens (tertiary/aromatic N) is 1. The SMILES string of the molecule is O=[N+]([O-])c1cc(C#CCCS)ccc1O. The van der Waals surface area contributed by atoms with Crippen LogP contribution in [0.4, 0.5) is 5.69 Å². The molecule has 0 heterocycles. The second-order valence-corrected chi connectivity index (χ2v) is 3.18. The van der Waals surface area contributed by atoms with Crippen molar-refractivity contribution < 1.29 is 10.0 Å². The molecule has 0 saturated carbocycles. The molecule has 1 aromatic carbocycles. The van der Waals surface area contributed by atoms with E-state index < -0.39 is 4.92 Å². The molecule has 0 aliphatic heterocycles. The van der Waals surface area contributed by atoms with Crippen LogP contribution in [0.15, 0.2) is 18.2 Å². The monoisotopic (exact) mass is 223 g/mol. The van der Waals surface area contributed by atoms with Crippen molar-refractivity contribution in [1.29, 1.82) is 0 Å².